The molecular formula is C61H106O6. The van der Waals surface area contributed by atoms with E-state index in [9.17, 15) is 14.4 Å². The van der Waals surface area contributed by atoms with Crippen molar-refractivity contribution in [2.24, 2.45) is 0 Å². The topological polar surface area (TPSA) is 78.9 Å². The van der Waals surface area contributed by atoms with Gasteiger partial charge in [-0.3, -0.25) is 14.4 Å². The molecule has 0 aromatic heterocycles. The van der Waals surface area contributed by atoms with Gasteiger partial charge >= 0.3 is 17.9 Å². The summed E-state index contributed by atoms with van der Waals surface area (Å²) in [6, 6.07) is 0. The Morgan fingerprint density at radius 2 is 0.537 bits per heavy atom. The number of hydrogen-bond donors (Lipinski definition) is 0. The van der Waals surface area contributed by atoms with Gasteiger partial charge in [0.05, 0.1) is 0 Å². The van der Waals surface area contributed by atoms with Crippen LogP contribution in [0.4, 0.5) is 0 Å². The molecule has 0 amide bonds. The zero-order valence-corrected chi connectivity index (χ0v) is 44.2. The quantitative estimate of drug-likeness (QED) is 0.0262. The van der Waals surface area contributed by atoms with Gasteiger partial charge in [0, 0.05) is 19.3 Å². The Kier molecular flexibility index (Phi) is 52.8. The lowest BCUT2D eigenvalue weighted by atomic mass is 10.1. The van der Waals surface area contributed by atoms with E-state index in [0.29, 0.717) is 19.3 Å². The minimum atomic E-state index is -0.792. The fourth-order valence-electron chi connectivity index (χ4n) is 7.83. The standard InChI is InChI=1S/C61H106O6/c1-4-7-10-13-16-19-22-25-28-30-33-36-39-42-45-48-51-54-60(63)66-57-58(56-65-59(62)53-50-47-44-41-38-35-32-27-24-21-18-15-12-9-6-3)67-61(64)55-52-49-46-43-40-37-34-31-29-26-23-20-17-14-11-8-5-2/h16-17,19-21,24-26,28-29,34,37,58H,4-15,18,22-23,27,30-33,35-36,38-57H2,1-3H3/b19-16-,20-17-,24-21-,28-25-,29-26-,37-34-/t58-/m0/s1. The molecular weight excluding hydrogens is 829 g/mol. The predicted octanol–water partition coefficient (Wildman–Crippen LogP) is 19.0. The smallest absolute Gasteiger partial charge is 0.306 e. The number of unbranched alkanes of at least 4 members (excludes halogenated alkanes) is 28. The Balaban J connectivity index is 4.44. The number of carbonyl (C=O) groups is 3. The van der Waals surface area contributed by atoms with E-state index >= 15 is 0 Å². The maximum Gasteiger partial charge on any atom is 0.306 e. The normalized spacial score (nSPS) is 12.6. The Morgan fingerprint density at radius 1 is 0.299 bits per heavy atom. The lowest BCUT2D eigenvalue weighted by molar-refractivity contribution is -0.167. The largest absolute Gasteiger partial charge is 0.462 e. The molecule has 0 aliphatic carbocycles. The number of esters is 3. The highest BCUT2D eigenvalue weighted by molar-refractivity contribution is 5.71. The first-order valence-electron chi connectivity index (χ1n) is 28.4. The number of allylic oxidation sites excluding steroid dienone is 12. The Bertz CT molecular complexity index is 1260. The molecule has 0 aromatic rings. The van der Waals surface area contributed by atoms with E-state index in [1.807, 2.05) is 0 Å². The number of carbonyl (C=O) groups excluding carboxylic acids is 3. The average molecular weight is 936 g/mol. The van der Waals surface area contributed by atoms with E-state index in [1.165, 1.54) is 141 Å². The minimum Gasteiger partial charge on any atom is -0.462 e. The van der Waals surface area contributed by atoms with Crippen molar-refractivity contribution in [2.45, 2.75) is 284 Å². The second-order valence-corrected chi connectivity index (χ2v) is 18.8. The van der Waals surface area contributed by atoms with Crippen LogP contribution in [0.15, 0.2) is 72.9 Å². The van der Waals surface area contributed by atoms with Gasteiger partial charge in [0.25, 0.3) is 0 Å². The summed E-state index contributed by atoms with van der Waals surface area (Å²) in [7, 11) is 0. The van der Waals surface area contributed by atoms with E-state index in [-0.39, 0.29) is 31.1 Å². The van der Waals surface area contributed by atoms with E-state index in [0.717, 1.165) is 96.3 Å². The average Bonchev–Trinajstić information content (AvgIpc) is 3.33. The van der Waals surface area contributed by atoms with Crippen LogP contribution in [0, 0.1) is 0 Å². The van der Waals surface area contributed by atoms with Gasteiger partial charge in [0.1, 0.15) is 13.2 Å². The molecule has 0 unspecified atom stereocenters. The molecule has 0 bridgehead atoms. The summed E-state index contributed by atoms with van der Waals surface area (Å²) in [5.41, 5.74) is 0. The maximum atomic E-state index is 12.8. The summed E-state index contributed by atoms with van der Waals surface area (Å²) in [4.78, 5) is 38.1. The monoisotopic (exact) mass is 935 g/mol. The van der Waals surface area contributed by atoms with Crippen LogP contribution in [0.1, 0.15) is 278 Å². The third-order valence-corrected chi connectivity index (χ3v) is 12.2. The molecule has 0 heterocycles. The van der Waals surface area contributed by atoms with Crippen molar-refractivity contribution in [1.82, 2.24) is 0 Å². The maximum absolute atomic E-state index is 12.8. The van der Waals surface area contributed by atoms with Gasteiger partial charge in [-0.1, -0.05) is 216 Å². The second kappa shape index (κ2) is 55.4. The summed E-state index contributed by atoms with van der Waals surface area (Å²) in [5, 5.41) is 0. The highest BCUT2D eigenvalue weighted by atomic mass is 16.6. The molecule has 67 heavy (non-hydrogen) atoms. The molecule has 386 valence electrons. The number of hydrogen-bond acceptors (Lipinski definition) is 6. The molecule has 0 aliphatic heterocycles. The van der Waals surface area contributed by atoms with Crippen LogP contribution < -0.4 is 0 Å². The van der Waals surface area contributed by atoms with Crippen LogP contribution in [0.3, 0.4) is 0 Å². The van der Waals surface area contributed by atoms with Crippen molar-refractivity contribution in [3.8, 4) is 0 Å². The molecule has 0 fully saturated rings. The Labute approximate surface area is 414 Å². The molecule has 0 saturated carbocycles. The molecule has 0 N–H and O–H groups in total. The van der Waals surface area contributed by atoms with Crippen molar-refractivity contribution in [2.75, 3.05) is 13.2 Å². The third-order valence-electron chi connectivity index (χ3n) is 12.2. The van der Waals surface area contributed by atoms with Crippen molar-refractivity contribution >= 4 is 17.9 Å². The first-order chi connectivity index (χ1) is 33.0. The van der Waals surface area contributed by atoms with Crippen molar-refractivity contribution in [1.29, 1.82) is 0 Å². The first-order valence-corrected chi connectivity index (χ1v) is 28.4. The molecule has 0 aromatic carbocycles. The molecule has 0 aliphatic rings. The highest BCUT2D eigenvalue weighted by Gasteiger charge is 2.19. The fraction of sp³-hybridized carbons (Fsp3) is 0.754. The molecule has 0 saturated heterocycles. The zero-order valence-electron chi connectivity index (χ0n) is 44.2. The summed E-state index contributed by atoms with van der Waals surface area (Å²) in [6.07, 6.45) is 70.2. The zero-order chi connectivity index (χ0) is 48.6. The van der Waals surface area contributed by atoms with Crippen molar-refractivity contribution in [3.05, 3.63) is 72.9 Å². The Morgan fingerprint density at radius 3 is 0.881 bits per heavy atom. The van der Waals surface area contributed by atoms with Crippen LogP contribution in [0.25, 0.3) is 0 Å². The van der Waals surface area contributed by atoms with Gasteiger partial charge in [-0.15, -0.1) is 0 Å². The first kappa shape index (κ1) is 63.8. The van der Waals surface area contributed by atoms with Crippen LogP contribution in [-0.4, -0.2) is 37.2 Å². The van der Waals surface area contributed by atoms with Crippen LogP contribution >= 0.6 is 0 Å². The Hall–Kier alpha value is -3.15. The minimum absolute atomic E-state index is 0.0890. The van der Waals surface area contributed by atoms with Gasteiger partial charge in [0.2, 0.25) is 0 Å². The molecule has 1 atom stereocenters. The second-order valence-electron chi connectivity index (χ2n) is 18.8. The molecule has 6 nitrogen and oxygen atoms in total. The SMILES string of the molecule is CCCCC/C=C\C/C=C\C/C=C\CCCCCCC(=O)O[C@H](COC(=O)CCCCCCCCC/C=C\C/C=C\CCCCC)COC(=O)CCCCCCCCC/C=C\CCCCCC. The summed E-state index contributed by atoms with van der Waals surface area (Å²) < 4.78 is 16.8. The van der Waals surface area contributed by atoms with Crippen LogP contribution in [-0.2, 0) is 28.6 Å². The third kappa shape index (κ3) is 53.7. The van der Waals surface area contributed by atoms with Crippen LogP contribution in [0.5, 0.6) is 0 Å². The van der Waals surface area contributed by atoms with Crippen molar-refractivity contribution < 1.29 is 28.6 Å². The van der Waals surface area contributed by atoms with Gasteiger partial charge in [0.15, 0.2) is 6.10 Å². The van der Waals surface area contributed by atoms with Crippen molar-refractivity contribution in [3.63, 3.8) is 0 Å². The molecule has 0 spiro atoms. The van der Waals surface area contributed by atoms with Gasteiger partial charge < -0.3 is 14.2 Å². The van der Waals surface area contributed by atoms with E-state index in [4.69, 9.17) is 14.2 Å². The lowest BCUT2D eigenvalue weighted by Gasteiger charge is -2.18. The predicted molar refractivity (Wildman–Crippen MR) is 288 cm³/mol. The summed E-state index contributed by atoms with van der Waals surface area (Å²) in [5.74, 6) is -0.916. The molecule has 0 rings (SSSR count). The van der Waals surface area contributed by atoms with Gasteiger partial charge in [-0.25, -0.2) is 0 Å². The van der Waals surface area contributed by atoms with Gasteiger partial charge in [-0.2, -0.15) is 0 Å². The fourth-order valence-corrected chi connectivity index (χ4v) is 7.83. The number of rotatable bonds is 51. The molecule has 6 heteroatoms. The van der Waals surface area contributed by atoms with Crippen LogP contribution in [0.2, 0.25) is 0 Å². The van der Waals surface area contributed by atoms with E-state index in [2.05, 4.69) is 93.7 Å². The summed E-state index contributed by atoms with van der Waals surface area (Å²) >= 11 is 0. The summed E-state index contributed by atoms with van der Waals surface area (Å²) in [6.45, 7) is 6.56. The number of ether oxygens (including phenoxy) is 3. The van der Waals surface area contributed by atoms with Gasteiger partial charge in [-0.05, 0) is 116 Å². The molecule has 0 radical (unpaired) electrons. The highest BCUT2D eigenvalue weighted by Crippen LogP contribution is 2.14. The lowest BCUT2D eigenvalue weighted by Crippen LogP contribution is -2.30. The van der Waals surface area contributed by atoms with E-state index < -0.39 is 6.10 Å². The van der Waals surface area contributed by atoms with E-state index in [1.54, 1.807) is 0 Å².